The van der Waals surface area contributed by atoms with Crippen LogP contribution in [0.2, 0.25) is 0 Å². The predicted molar refractivity (Wildman–Crippen MR) is 77.4 cm³/mol. The average Bonchev–Trinajstić information content (AvgIpc) is 2.70. The lowest BCUT2D eigenvalue weighted by molar-refractivity contribution is 0.0562. The van der Waals surface area contributed by atoms with Crippen LogP contribution in [0.5, 0.6) is 0 Å². The lowest BCUT2D eigenvalue weighted by atomic mass is 10.1. The number of hydrazine groups is 1. The van der Waals surface area contributed by atoms with E-state index in [1.165, 1.54) is 0 Å². The van der Waals surface area contributed by atoms with Crippen molar-refractivity contribution in [3.8, 4) is 0 Å². The molecule has 2 rings (SSSR count). The van der Waals surface area contributed by atoms with Gasteiger partial charge in [0.05, 0.1) is 6.10 Å². The Morgan fingerprint density at radius 3 is 3.10 bits per heavy atom. The summed E-state index contributed by atoms with van der Waals surface area (Å²) in [6.45, 7) is 6.03. The fraction of sp³-hybridized carbons (Fsp3) is 0.571. The number of carbonyl (C=O) groups is 1. The number of hydrogen-bond acceptors (Lipinski definition) is 5. The molecule has 1 aromatic heterocycles. The second-order valence-corrected chi connectivity index (χ2v) is 5.02. The second kappa shape index (κ2) is 6.67. The number of ether oxygens (including phenoxy) is 1. The molecule has 110 valence electrons. The van der Waals surface area contributed by atoms with Crippen molar-refractivity contribution in [3.63, 3.8) is 0 Å². The van der Waals surface area contributed by atoms with Gasteiger partial charge in [-0.05, 0) is 31.9 Å². The number of hydrogen-bond donors (Lipinski definition) is 2. The maximum absolute atomic E-state index is 12.6. The summed E-state index contributed by atoms with van der Waals surface area (Å²) >= 11 is 0. The highest BCUT2D eigenvalue weighted by atomic mass is 16.5. The first kappa shape index (κ1) is 14.7. The Hall–Kier alpha value is -1.66. The molecular formula is C14H22N4O2. The van der Waals surface area contributed by atoms with Crippen molar-refractivity contribution < 1.29 is 9.53 Å². The highest BCUT2D eigenvalue weighted by Gasteiger charge is 2.21. The molecule has 0 aromatic carbocycles. The number of aryl methyl sites for hydroxylation is 1. The van der Waals surface area contributed by atoms with Gasteiger partial charge in [-0.25, -0.2) is 10.8 Å². The highest BCUT2D eigenvalue weighted by molar-refractivity contribution is 5.95. The van der Waals surface area contributed by atoms with E-state index in [0.29, 0.717) is 24.5 Å². The molecule has 3 N–H and O–H groups in total. The van der Waals surface area contributed by atoms with Crippen LogP contribution in [0.1, 0.15) is 36.3 Å². The minimum Gasteiger partial charge on any atom is -0.377 e. The number of nitrogen functional groups attached to an aromatic ring is 1. The number of anilines is 1. The molecule has 0 spiro atoms. The van der Waals surface area contributed by atoms with Crippen molar-refractivity contribution in [2.45, 2.75) is 32.8 Å². The van der Waals surface area contributed by atoms with Gasteiger partial charge in [0.25, 0.3) is 5.91 Å². The summed E-state index contributed by atoms with van der Waals surface area (Å²) in [6, 6.07) is 3.53. The first-order valence-corrected chi connectivity index (χ1v) is 7.02. The van der Waals surface area contributed by atoms with Crippen LogP contribution in [0.3, 0.4) is 0 Å². The van der Waals surface area contributed by atoms with E-state index in [1.54, 1.807) is 6.07 Å². The number of pyridine rings is 1. The molecule has 1 aliphatic rings. The predicted octanol–water partition coefficient (Wildman–Crippen LogP) is 1.18. The molecule has 6 nitrogen and oxygen atoms in total. The summed E-state index contributed by atoms with van der Waals surface area (Å²) in [5, 5.41) is 0. The molecule has 1 aliphatic heterocycles. The molecule has 1 saturated heterocycles. The van der Waals surface area contributed by atoms with Crippen molar-refractivity contribution >= 4 is 11.7 Å². The third kappa shape index (κ3) is 3.46. The smallest absolute Gasteiger partial charge is 0.254 e. The van der Waals surface area contributed by atoms with Crippen LogP contribution >= 0.6 is 0 Å². The molecule has 0 saturated carbocycles. The number of amides is 1. The molecule has 1 aromatic rings. The van der Waals surface area contributed by atoms with Crippen molar-refractivity contribution in [1.29, 1.82) is 0 Å². The fourth-order valence-corrected chi connectivity index (χ4v) is 2.33. The third-order valence-corrected chi connectivity index (χ3v) is 3.37. The molecular weight excluding hydrogens is 256 g/mol. The van der Waals surface area contributed by atoms with Crippen molar-refractivity contribution in [3.05, 3.63) is 23.4 Å². The van der Waals surface area contributed by atoms with Crippen molar-refractivity contribution in [2.75, 3.05) is 25.1 Å². The standard InChI is InChI=1S/C14H22N4O2/c1-3-12-7-11(8-13(16-12)17-15)14(19)18-5-4-6-20-10(2)9-18/h7-8,10H,3-6,9,15H2,1-2H3,(H,16,17). The van der Waals surface area contributed by atoms with E-state index >= 15 is 0 Å². The molecule has 1 unspecified atom stereocenters. The van der Waals surface area contributed by atoms with Crippen molar-refractivity contribution in [1.82, 2.24) is 9.88 Å². The van der Waals surface area contributed by atoms with Crippen LogP contribution in [0, 0.1) is 0 Å². The molecule has 0 aliphatic carbocycles. The molecule has 1 amide bonds. The highest BCUT2D eigenvalue weighted by Crippen LogP contribution is 2.15. The van der Waals surface area contributed by atoms with Crippen LogP contribution in [0.15, 0.2) is 12.1 Å². The van der Waals surface area contributed by atoms with Crippen LogP contribution in [0.25, 0.3) is 0 Å². The van der Waals surface area contributed by atoms with E-state index in [-0.39, 0.29) is 12.0 Å². The average molecular weight is 278 g/mol. The van der Waals surface area contributed by atoms with Crippen LogP contribution < -0.4 is 11.3 Å². The Balaban J connectivity index is 2.22. The van der Waals surface area contributed by atoms with E-state index < -0.39 is 0 Å². The number of nitrogens with zero attached hydrogens (tertiary/aromatic N) is 2. The van der Waals surface area contributed by atoms with E-state index in [9.17, 15) is 4.79 Å². The first-order chi connectivity index (χ1) is 9.63. The van der Waals surface area contributed by atoms with Gasteiger partial charge in [0.1, 0.15) is 5.82 Å². The van der Waals surface area contributed by atoms with Gasteiger partial charge < -0.3 is 15.1 Å². The summed E-state index contributed by atoms with van der Waals surface area (Å²) in [6.07, 6.45) is 1.69. The molecule has 0 radical (unpaired) electrons. The first-order valence-electron chi connectivity index (χ1n) is 7.02. The zero-order chi connectivity index (χ0) is 14.5. The summed E-state index contributed by atoms with van der Waals surface area (Å²) in [4.78, 5) is 18.7. The zero-order valence-electron chi connectivity index (χ0n) is 12.1. The lowest BCUT2D eigenvalue weighted by Crippen LogP contribution is -2.36. The second-order valence-electron chi connectivity index (χ2n) is 5.02. The minimum absolute atomic E-state index is 0.0101. The van der Waals surface area contributed by atoms with Gasteiger partial charge in [-0.15, -0.1) is 0 Å². The maximum atomic E-state index is 12.6. The molecule has 1 atom stereocenters. The Morgan fingerprint density at radius 2 is 2.40 bits per heavy atom. The molecule has 6 heteroatoms. The Labute approximate surface area is 119 Å². The quantitative estimate of drug-likeness (QED) is 0.641. The van der Waals surface area contributed by atoms with E-state index in [0.717, 1.165) is 25.1 Å². The van der Waals surface area contributed by atoms with E-state index in [2.05, 4.69) is 10.4 Å². The SMILES string of the molecule is CCc1cc(C(=O)N2CCCOC(C)C2)cc(NN)n1. The van der Waals surface area contributed by atoms with Crippen LogP contribution in [0.4, 0.5) is 5.82 Å². The molecule has 2 heterocycles. The summed E-state index contributed by atoms with van der Waals surface area (Å²) in [7, 11) is 0. The van der Waals surface area contributed by atoms with Crippen molar-refractivity contribution in [2.24, 2.45) is 5.84 Å². The number of nitrogens with two attached hydrogens (primary N) is 1. The van der Waals surface area contributed by atoms with Gasteiger partial charge in [0.15, 0.2) is 0 Å². The summed E-state index contributed by atoms with van der Waals surface area (Å²) in [5.74, 6) is 5.94. The number of rotatable bonds is 3. The van der Waals surface area contributed by atoms with Gasteiger partial charge in [-0.3, -0.25) is 4.79 Å². The molecule has 0 bridgehead atoms. The van der Waals surface area contributed by atoms with Gasteiger partial charge in [-0.1, -0.05) is 6.92 Å². The lowest BCUT2D eigenvalue weighted by Gasteiger charge is -2.22. The number of nitrogens with one attached hydrogen (secondary N) is 1. The summed E-state index contributed by atoms with van der Waals surface area (Å²) < 4.78 is 5.57. The largest absolute Gasteiger partial charge is 0.377 e. The Morgan fingerprint density at radius 1 is 1.60 bits per heavy atom. The number of carbonyl (C=O) groups excluding carboxylic acids is 1. The molecule has 20 heavy (non-hydrogen) atoms. The fourth-order valence-electron chi connectivity index (χ4n) is 2.33. The van der Waals surface area contributed by atoms with Gasteiger partial charge in [0.2, 0.25) is 0 Å². The van der Waals surface area contributed by atoms with Gasteiger partial charge in [0, 0.05) is 31.0 Å². The summed E-state index contributed by atoms with van der Waals surface area (Å²) in [5.41, 5.74) is 3.99. The Kier molecular flexibility index (Phi) is 4.92. The number of aromatic nitrogens is 1. The van der Waals surface area contributed by atoms with Crippen LogP contribution in [-0.4, -0.2) is 41.6 Å². The molecule has 1 fully saturated rings. The van der Waals surface area contributed by atoms with E-state index in [1.807, 2.05) is 24.8 Å². The normalized spacial score (nSPS) is 19.6. The zero-order valence-corrected chi connectivity index (χ0v) is 12.1. The van der Waals surface area contributed by atoms with Gasteiger partial charge >= 0.3 is 0 Å². The van der Waals surface area contributed by atoms with E-state index in [4.69, 9.17) is 10.6 Å². The minimum atomic E-state index is 0.0101. The van der Waals surface area contributed by atoms with Gasteiger partial charge in [-0.2, -0.15) is 0 Å². The topological polar surface area (TPSA) is 80.5 Å². The maximum Gasteiger partial charge on any atom is 0.254 e. The third-order valence-electron chi connectivity index (χ3n) is 3.37. The van der Waals surface area contributed by atoms with Crippen LogP contribution in [-0.2, 0) is 11.2 Å². The Bertz CT molecular complexity index is 456. The monoisotopic (exact) mass is 278 g/mol.